The summed E-state index contributed by atoms with van der Waals surface area (Å²) in [5.74, 6) is 0.265. The van der Waals surface area contributed by atoms with E-state index in [0.29, 0.717) is 16.5 Å². The normalized spacial score (nSPS) is 13.7. The second kappa shape index (κ2) is 10.7. The molecule has 0 amide bonds. The van der Waals surface area contributed by atoms with Crippen molar-refractivity contribution >= 4 is 32.3 Å². The summed E-state index contributed by atoms with van der Waals surface area (Å²) < 4.78 is 70.5. The van der Waals surface area contributed by atoms with Crippen molar-refractivity contribution in [3.63, 3.8) is 0 Å². The van der Waals surface area contributed by atoms with Crippen molar-refractivity contribution in [2.75, 3.05) is 13.4 Å². The number of halogens is 4. The van der Waals surface area contributed by atoms with Gasteiger partial charge in [0.1, 0.15) is 5.69 Å². The van der Waals surface area contributed by atoms with Gasteiger partial charge in [0.25, 0.3) is 0 Å². The molecule has 13 heteroatoms. The number of aliphatic hydroxyl groups is 1. The summed E-state index contributed by atoms with van der Waals surface area (Å²) in [5, 5.41) is 13.0. The van der Waals surface area contributed by atoms with Gasteiger partial charge in [-0.2, -0.15) is 13.2 Å². The number of fused-ring (bicyclic) bond motifs is 1. The van der Waals surface area contributed by atoms with E-state index in [0.717, 1.165) is 24.1 Å². The molecule has 1 atom stereocenters. The van der Waals surface area contributed by atoms with Gasteiger partial charge in [-0.05, 0) is 41.5 Å². The summed E-state index contributed by atoms with van der Waals surface area (Å²) in [6.45, 7) is 0. The number of nitrogens with zero attached hydrogens (tertiary/aromatic N) is 4. The van der Waals surface area contributed by atoms with Crippen LogP contribution in [0.15, 0.2) is 78.2 Å². The van der Waals surface area contributed by atoms with Crippen LogP contribution >= 0.6 is 11.6 Å². The number of aromatic nitrogens is 4. The molecule has 0 saturated heterocycles. The van der Waals surface area contributed by atoms with Crippen molar-refractivity contribution in [1.82, 2.24) is 19.5 Å². The summed E-state index contributed by atoms with van der Waals surface area (Å²) in [4.78, 5) is 12.4. The maximum Gasteiger partial charge on any atom is 0.433 e. The monoisotopic (exact) mass is 616 g/mol. The number of hydrogen-bond donors (Lipinski definition) is 1. The second-order valence-corrected chi connectivity index (χ2v) is 12.2. The molecule has 3 aromatic heterocycles. The van der Waals surface area contributed by atoms with E-state index in [2.05, 4.69) is 15.0 Å². The molecule has 8 nitrogen and oxygen atoms in total. The zero-order chi connectivity index (χ0) is 30.4. The summed E-state index contributed by atoms with van der Waals surface area (Å²) >= 11 is 6.92. The Kier molecular flexibility index (Phi) is 7.50. The lowest BCUT2D eigenvalue weighted by molar-refractivity contribution is -0.141. The van der Waals surface area contributed by atoms with Gasteiger partial charge in [0.2, 0.25) is 5.88 Å². The van der Waals surface area contributed by atoms with E-state index in [1.807, 2.05) is 0 Å². The van der Waals surface area contributed by atoms with Crippen molar-refractivity contribution in [3.8, 4) is 5.88 Å². The fourth-order valence-corrected chi connectivity index (χ4v) is 5.72. The first kappa shape index (κ1) is 29.5. The van der Waals surface area contributed by atoms with Crippen LogP contribution < -0.4 is 4.74 Å². The number of benzene rings is 2. The number of methoxy groups -OCH3 is 1. The predicted molar refractivity (Wildman–Crippen MR) is 150 cm³/mol. The number of rotatable bonds is 7. The molecular formula is C29H24ClF3N4O4S. The average molecular weight is 617 g/mol. The quantitative estimate of drug-likeness (QED) is 0.264. The molecule has 0 bridgehead atoms. The van der Waals surface area contributed by atoms with Gasteiger partial charge in [-0.25, -0.2) is 18.4 Å². The topological polar surface area (TPSA) is 107 Å². The maximum absolute atomic E-state index is 13.2. The van der Waals surface area contributed by atoms with E-state index in [4.69, 9.17) is 16.3 Å². The van der Waals surface area contributed by atoms with E-state index >= 15 is 0 Å². The lowest BCUT2D eigenvalue weighted by Crippen LogP contribution is -2.31. The molecule has 218 valence electrons. The molecule has 1 N–H and O–H groups in total. The van der Waals surface area contributed by atoms with Gasteiger partial charge in [0.05, 0.1) is 40.8 Å². The summed E-state index contributed by atoms with van der Waals surface area (Å²) in [5.41, 5.74) is -0.660. The third kappa shape index (κ3) is 5.33. The van der Waals surface area contributed by atoms with Crippen molar-refractivity contribution in [1.29, 1.82) is 0 Å². The minimum absolute atomic E-state index is 0.0854. The minimum atomic E-state index is -4.65. The van der Waals surface area contributed by atoms with Crippen LogP contribution in [0.1, 0.15) is 33.6 Å². The van der Waals surface area contributed by atoms with Gasteiger partial charge in [0, 0.05) is 42.4 Å². The summed E-state index contributed by atoms with van der Waals surface area (Å²) in [6.07, 6.45) is 0.604. The highest BCUT2D eigenvalue weighted by atomic mass is 35.5. The van der Waals surface area contributed by atoms with E-state index in [1.165, 1.54) is 37.8 Å². The molecule has 1 unspecified atom stereocenters. The fourth-order valence-electron chi connectivity index (χ4n) is 4.79. The average Bonchev–Trinajstić information content (AvgIpc) is 3.39. The van der Waals surface area contributed by atoms with Crippen LogP contribution in [0.3, 0.4) is 0 Å². The standard InChI is InChI=1S/C29H24ClF3N4O4S/c1-37-16-34-15-25(37)28(38,19-7-11-24(35-14-19)29(31,32)33)18-6-10-23-21(13-18)26(30)22(27(36-23)41-2)12-17-4-8-20(9-5-17)42(3,39)40/h4-11,13-16,38H,12H2,1-3H3. The molecule has 2 aromatic carbocycles. The smallest absolute Gasteiger partial charge is 0.433 e. The second-order valence-electron chi connectivity index (χ2n) is 9.77. The summed E-state index contributed by atoms with van der Waals surface area (Å²) in [7, 11) is -0.265. The Morgan fingerprint density at radius 3 is 2.26 bits per heavy atom. The summed E-state index contributed by atoms with van der Waals surface area (Å²) in [6, 6.07) is 13.2. The molecule has 0 saturated carbocycles. The molecule has 42 heavy (non-hydrogen) atoms. The molecule has 0 fully saturated rings. The van der Waals surface area contributed by atoms with Gasteiger partial charge in [-0.3, -0.25) is 4.98 Å². The van der Waals surface area contributed by atoms with Crippen molar-refractivity contribution in [3.05, 3.63) is 112 Å². The lowest BCUT2D eigenvalue weighted by atomic mass is 9.83. The minimum Gasteiger partial charge on any atom is -0.481 e. The Morgan fingerprint density at radius 1 is 1.02 bits per heavy atom. The van der Waals surface area contributed by atoms with Crippen LogP contribution in [0.2, 0.25) is 5.02 Å². The SMILES string of the molecule is COc1nc2ccc(C(O)(c3ccc(C(F)(F)F)nc3)c3cncn3C)cc2c(Cl)c1Cc1ccc(S(C)(=O)=O)cc1. The Balaban J connectivity index is 1.66. The first-order chi connectivity index (χ1) is 19.7. The Bertz CT molecular complexity index is 1890. The Morgan fingerprint density at radius 2 is 1.71 bits per heavy atom. The number of hydrogen-bond acceptors (Lipinski definition) is 7. The highest BCUT2D eigenvalue weighted by Gasteiger charge is 2.39. The lowest BCUT2D eigenvalue weighted by Gasteiger charge is -2.30. The predicted octanol–water partition coefficient (Wildman–Crippen LogP) is 5.32. The molecule has 5 rings (SSSR count). The first-order valence-corrected chi connectivity index (χ1v) is 14.7. The van der Waals surface area contributed by atoms with E-state index < -0.39 is 27.3 Å². The maximum atomic E-state index is 13.2. The highest BCUT2D eigenvalue weighted by Crippen LogP contribution is 2.41. The van der Waals surface area contributed by atoms with Gasteiger partial charge >= 0.3 is 6.18 Å². The van der Waals surface area contributed by atoms with Crippen molar-refractivity contribution in [2.24, 2.45) is 7.05 Å². The van der Waals surface area contributed by atoms with E-state index in [9.17, 15) is 26.7 Å². The van der Waals surface area contributed by atoms with Gasteiger partial charge < -0.3 is 14.4 Å². The van der Waals surface area contributed by atoms with Crippen LogP contribution in [0, 0.1) is 0 Å². The van der Waals surface area contributed by atoms with Crippen LogP contribution in [0.5, 0.6) is 5.88 Å². The molecule has 0 spiro atoms. The zero-order valence-corrected chi connectivity index (χ0v) is 24.1. The number of sulfone groups is 1. The van der Waals surface area contributed by atoms with Gasteiger partial charge in [-0.1, -0.05) is 35.9 Å². The third-order valence-corrected chi connectivity index (χ3v) is 8.54. The number of ether oxygens (including phenoxy) is 1. The van der Waals surface area contributed by atoms with Crippen LogP contribution in [-0.4, -0.2) is 46.4 Å². The van der Waals surface area contributed by atoms with Crippen molar-refractivity contribution in [2.45, 2.75) is 23.1 Å². The van der Waals surface area contributed by atoms with Crippen LogP contribution in [0.25, 0.3) is 10.9 Å². The fraction of sp³-hybridized carbons (Fsp3) is 0.207. The van der Waals surface area contributed by atoms with Crippen LogP contribution in [-0.2, 0) is 35.1 Å². The number of alkyl halides is 3. The van der Waals surface area contributed by atoms with Gasteiger partial charge in [0.15, 0.2) is 15.4 Å². The number of imidazole rings is 1. The molecular weight excluding hydrogens is 593 g/mol. The van der Waals surface area contributed by atoms with Crippen molar-refractivity contribution < 1.29 is 31.4 Å². The molecule has 3 heterocycles. The highest BCUT2D eigenvalue weighted by molar-refractivity contribution is 7.90. The zero-order valence-electron chi connectivity index (χ0n) is 22.5. The third-order valence-electron chi connectivity index (χ3n) is 6.98. The van der Waals surface area contributed by atoms with E-state index in [1.54, 1.807) is 41.9 Å². The molecule has 0 radical (unpaired) electrons. The largest absolute Gasteiger partial charge is 0.481 e. The van der Waals surface area contributed by atoms with E-state index in [-0.39, 0.29) is 39.0 Å². The van der Waals surface area contributed by atoms with Gasteiger partial charge in [-0.15, -0.1) is 0 Å². The Hall–Kier alpha value is -4.00. The van der Waals surface area contributed by atoms with Crippen LogP contribution in [0.4, 0.5) is 13.2 Å². The molecule has 0 aliphatic rings. The molecule has 0 aliphatic carbocycles. The number of pyridine rings is 2. The Labute approximate surface area is 244 Å². The molecule has 5 aromatic rings. The molecule has 0 aliphatic heterocycles. The number of aryl methyl sites for hydroxylation is 1. The first-order valence-electron chi connectivity index (χ1n) is 12.4.